The van der Waals surface area contributed by atoms with E-state index in [0.717, 1.165) is 43.6 Å². The Morgan fingerprint density at radius 2 is 1.88 bits per heavy atom. The van der Waals surface area contributed by atoms with Crippen molar-refractivity contribution < 1.29 is 4.79 Å². The third-order valence-electron chi connectivity index (χ3n) is 8.32. The number of carbonyl (C=O) groups excluding carboxylic acids is 1. The Morgan fingerprint density at radius 1 is 1.07 bits per heavy atom. The summed E-state index contributed by atoms with van der Waals surface area (Å²) in [6.07, 6.45) is 4.68. The van der Waals surface area contributed by atoms with E-state index in [9.17, 15) is 9.59 Å². The minimum Gasteiger partial charge on any atom is -0.334 e. The van der Waals surface area contributed by atoms with Crippen LogP contribution >= 0.6 is 15.9 Å². The SMILES string of the molecule is Cc1cc(C(=O)N2Cc3c(c(=O)n(-c4ccc5c(c4)ncn5C)c4c(Cc5ccccc5)cnn34)CC2C)ccc1Br. The number of hydrogen-bond acceptors (Lipinski definition) is 4. The second-order valence-corrected chi connectivity index (χ2v) is 12.0. The fraction of sp³-hybridized carbons (Fsp3) is 0.212. The van der Waals surface area contributed by atoms with Crippen LogP contribution in [0.25, 0.3) is 22.4 Å². The van der Waals surface area contributed by atoms with Gasteiger partial charge < -0.3 is 9.47 Å². The predicted molar refractivity (Wildman–Crippen MR) is 166 cm³/mol. The van der Waals surface area contributed by atoms with Crippen molar-refractivity contribution >= 4 is 38.5 Å². The van der Waals surface area contributed by atoms with Gasteiger partial charge in [0.25, 0.3) is 11.5 Å². The number of halogens is 1. The second-order valence-electron chi connectivity index (χ2n) is 11.1. The zero-order valence-corrected chi connectivity index (χ0v) is 25.2. The lowest BCUT2D eigenvalue weighted by Gasteiger charge is -2.35. The Bertz CT molecular complexity index is 2070. The number of imidazole rings is 1. The number of fused-ring (bicyclic) bond motifs is 4. The summed E-state index contributed by atoms with van der Waals surface area (Å²) in [4.78, 5) is 34.6. The topological polar surface area (TPSA) is 77.4 Å². The van der Waals surface area contributed by atoms with Gasteiger partial charge in [-0.3, -0.25) is 14.2 Å². The summed E-state index contributed by atoms with van der Waals surface area (Å²) in [6, 6.07) is 21.6. The molecule has 1 atom stereocenters. The minimum atomic E-state index is -0.162. The van der Waals surface area contributed by atoms with Crippen molar-refractivity contribution in [3.05, 3.63) is 128 Å². The largest absolute Gasteiger partial charge is 0.334 e. The van der Waals surface area contributed by atoms with E-state index >= 15 is 0 Å². The van der Waals surface area contributed by atoms with Crippen molar-refractivity contribution in [3.63, 3.8) is 0 Å². The number of aryl methyl sites for hydroxylation is 2. The molecule has 0 radical (unpaired) electrons. The first-order valence-electron chi connectivity index (χ1n) is 14.0. The van der Waals surface area contributed by atoms with Crippen LogP contribution in [0.5, 0.6) is 0 Å². The Morgan fingerprint density at radius 3 is 2.67 bits per heavy atom. The van der Waals surface area contributed by atoms with Crippen molar-refractivity contribution in [3.8, 4) is 5.69 Å². The molecule has 42 heavy (non-hydrogen) atoms. The molecule has 4 heterocycles. The van der Waals surface area contributed by atoms with Gasteiger partial charge in [0.15, 0.2) is 0 Å². The van der Waals surface area contributed by atoms with Gasteiger partial charge in [0.1, 0.15) is 5.65 Å². The summed E-state index contributed by atoms with van der Waals surface area (Å²) in [5, 5.41) is 4.83. The smallest absolute Gasteiger partial charge is 0.261 e. The van der Waals surface area contributed by atoms with Crippen LogP contribution in [0.1, 0.15) is 45.2 Å². The van der Waals surface area contributed by atoms with Crippen LogP contribution in [0.3, 0.4) is 0 Å². The molecule has 0 fully saturated rings. The molecule has 0 spiro atoms. The summed E-state index contributed by atoms with van der Waals surface area (Å²) in [6.45, 7) is 4.27. The normalized spacial score (nSPS) is 15.0. The summed E-state index contributed by atoms with van der Waals surface area (Å²) in [7, 11) is 1.96. The molecule has 3 aromatic carbocycles. The number of benzene rings is 3. The van der Waals surface area contributed by atoms with Gasteiger partial charge >= 0.3 is 0 Å². The number of nitrogens with zero attached hydrogens (tertiary/aromatic N) is 6. The fourth-order valence-corrected chi connectivity index (χ4v) is 6.29. The molecule has 0 aliphatic carbocycles. The van der Waals surface area contributed by atoms with Gasteiger partial charge in [0.05, 0.1) is 41.5 Å². The Labute approximate surface area is 251 Å². The molecular weight excluding hydrogens is 592 g/mol. The highest BCUT2D eigenvalue weighted by Crippen LogP contribution is 2.29. The van der Waals surface area contributed by atoms with Crippen molar-refractivity contribution in [2.75, 3.05) is 0 Å². The first-order chi connectivity index (χ1) is 20.3. The number of aromatic nitrogens is 5. The van der Waals surface area contributed by atoms with Crippen molar-refractivity contribution in [1.82, 2.24) is 28.6 Å². The number of amides is 1. The third-order valence-corrected chi connectivity index (χ3v) is 9.21. The van der Waals surface area contributed by atoms with Crippen molar-refractivity contribution in [2.24, 2.45) is 7.05 Å². The Balaban J connectivity index is 1.41. The van der Waals surface area contributed by atoms with E-state index in [1.165, 1.54) is 0 Å². The monoisotopic (exact) mass is 620 g/mol. The number of rotatable bonds is 4. The zero-order chi connectivity index (χ0) is 29.1. The third kappa shape index (κ3) is 4.27. The molecule has 0 bridgehead atoms. The lowest BCUT2D eigenvalue weighted by molar-refractivity contribution is 0.0651. The lowest BCUT2D eigenvalue weighted by atomic mass is 9.98. The summed E-state index contributed by atoms with van der Waals surface area (Å²) in [5.41, 5.74) is 8.30. The first-order valence-corrected chi connectivity index (χ1v) is 14.8. The second kappa shape index (κ2) is 10.1. The zero-order valence-electron chi connectivity index (χ0n) is 23.6. The van der Waals surface area contributed by atoms with Crippen molar-refractivity contribution in [1.29, 1.82) is 0 Å². The van der Waals surface area contributed by atoms with Crippen LogP contribution in [-0.4, -0.2) is 40.6 Å². The Kier molecular flexibility index (Phi) is 6.35. The van der Waals surface area contributed by atoms with Crippen LogP contribution in [0.2, 0.25) is 0 Å². The van der Waals surface area contributed by atoms with Gasteiger partial charge in [-0.2, -0.15) is 5.10 Å². The van der Waals surface area contributed by atoms with E-state index in [1.807, 2.05) is 95.7 Å². The number of carbonyl (C=O) groups is 1. The molecule has 0 saturated carbocycles. The molecule has 1 unspecified atom stereocenters. The van der Waals surface area contributed by atoms with Gasteiger partial charge in [-0.05, 0) is 67.8 Å². The number of hydrogen-bond donors (Lipinski definition) is 0. The summed E-state index contributed by atoms with van der Waals surface area (Å²) < 4.78 is 6.58. The van der Waals surface area contributed by atoms with Crippen LogP contribution in [-0.2, 0) is 26.4 Å². The molecule has 3 aromatic heterocycles. The highest BCUT2D eigenvalue weighted by Gasteiger charge is 2.33. The molecule has 210 valence electrons. The van der Waals surface area contributed by atoms with Crippen LogP contribution in [0, 0.1) is 6.92 Å². The van der Waals surface area contributed by atoms with Gasteiger partial charge in [-0.25, -0.2) is 9.50 Å². The van der Waals surface area contributed by atoms with Crippen molar-refractivity contribution in [2.45, 2.75) is 39.3 Å². The maximum Gasteiger partial charge on any atom is 0.261 e. The van der Waals surface area contributed by atoms with E-state index in [-0.39, 0.29) is 17.5 Å². The van der Waals surface area contributed by atoms with E-state index in [2.05, 4.69) is 33.0 Å². The first kappa shape index (κ1) is 26.4. The quantitative estimate of drug-likeness (QED) is 0.256. The highest BCUT2D eigenvalue weighted by molar-refractivity contribution is 9.10. The molecule has 1 aliphatic heterocycles. The molecule has 8 nitrogen and oxygen atoms in total. The maximum atomic E-state index is 14.4. The molecule has 0 N–H and O–H groups in total. The van der Waals surface area contributed by atoms with E-state index < -0.39 is 0 Å². The standard InChI is InChI=1S/C33H29BrN6O2/c1-20-13-23(9-11-27(20)34)32(41)38-18-30-26(14-21(38)2)33(42)39(25-10-12-29-28(16-25)35-19-37(29)3)31-24(17-36-40(30)31)15-22-7-5-4-6-8-22/h4-13,16-17,19,21H,14-15,18H2,1-3H3. The van der Waals surface area contributed by atoms with Crippen LogP contribution in [0.4, 0.5) is 0 Å². The van der Waals surface area contributed by atoms with Gasteiger partial charge in [0.2, 0.25) is 0 Å². The molecule has 0 saturated heterocycles. The fourth-order valence-electron chi connectivity index (χ4n) is 6.04. The molecular formula is C33H29BrN6O2. The van der Waals surface area contributed by atoms with Gasteiger partial charge in [-0.1, -0.05) is 46.3 Å². The predicted octanol–water partition coefficient (Wildman–Crippen LogP) is 5.62. The summed E-state index contributed by atoms with van der Waals surface area (Å²) >= 11 is 3.53. The highest BCUT2D eigenvalue weighted by atomic mass is 79.9. The lowest BCUT2D eigenvalue weighted by Crippen LogP contribution is -2.46. The Hall–Kier alpha value is -4.50. The van der Waals surface area contributed by atoms with E-state index in [1.54, 1.807) is 10.9 Å². The minimum absolute atomic E-state index is 0.0571. The van der Waals surface area contributed by atoms with E-state index in [0.29, 0.717) is 36.2 Å². The van der Waals surface area contributed by atoms with Gasteiger partial charge in [-0.15, -0.1) is 0 Å². The van der Waals surface area contributed by atoms with E-state index in [4.69, 9.17) is 5.10 Å². The molecule has 1 amide bonds. The molecule has 9 heteroatoms. The summed E-state index contributed by atoms with van der Waals surface area (Å²) in [5.74, 6) is -0.0571. The molecule has 6 aromatic rings. The van der Waals surface area contributed by atoms with Crippen LogP contribution < -0.4 is 5.56 Å². The van der Waals surface area contributed by atoms with Crippen LogP contribution in [0.15, 0.2) is 88.5 Å². The van der Waals surface area contributed by atoms with Gasteiger partial charge in [0, 0.05) is 40.7 Å². The maximum absolute atomic E-state index is 14.4. The average Bonchev–Trinajstić information content (AvgIpc) is 3.58. The molecule has 1 aliphatic rings. The molecule has 7 rings (SSSR count). The average molecular weight is 622 g/mol.